The van der Waals surface area contributed by atoms with Crippen LogP contribution in [0.3, 0.4) is 0 Å². The molecule has 6 nitrogen and oxygen atoms in total. The van der Waals surface area contributed by atoms with Crippen LogP contribution in [0.15, 0.2) is 60.1 Å². The first kappa shape index (κ1) is 23.0. The van der Waals surface area contributed by atoms with Crippen molar-refractivity contribution in [2.45, 2.75) is 13.3 Å². The van der Waals surface area contributed by atoms with Crippen LogP contribution in [0.1, 0.15) is 12.0 Å². The van der Waals surface area contributed by atoms with Crippen LogP contribution in [-0.4, -0.2) is 27.5 Å². The van der Waals surface area contributed by atoms with Crippen LogP contribution < -0.4 is 10.6 Å². The molecule has 0 fully saturated rings. The Morgan fingerprint density at radius 3 is 2.73 bits per heavy atom. The van der Waals surface area contributed by atoms with Crippen LogP contribution in [-0.2, 0) is 4.79 Å². The summed E-state index contributed by atoms with van der Waals surface area (Å²) in [6.45, 7) is 2.19. The van der Waals surface area contributed by atoms with E-state index in [0.29, 0.717) is 38.8 Å². The number of benzene rings is 2. The Balaban J connectivity index is 1.62. The lowest BCUT2D eigenvalue weighted by Gasteiger charge is -2.13. The number of hydrogen-bond donors (Lipinski definition) is 3. The van der Waals surface area contributed by atoms with Gasteiger partial charge in [-0.15, -0.1) is 11.3 Å². The third kappa shape index (κ3) is 5.82. The largest absolute Gasteiger partial charge is 0.507 e. The number of amides is 1. The molecule has 0 saturated carbocycles. The van der Waals surface area contributed by atoms with Crippen LogP contribution in [0.25, 0.3) is 22.4 Å². The van der Waals surface area contributed by atoms with Crippen molar-refractivity contribution in [3.63, 3.8) is 0 Å². The zero-order valence-corrected chi connectivity index (χ0v) is 19.9. The van der Waals surface area contributed by atoms with Crippen molar-refractivity contribution in [2.75, 3.05) is 17.2 Å². The van der Waals surface area contributed by atoms with E-state index in [-0.39, 0.29) is 18.1 Å². The lowest BCUT2D eigenvalue weighted by Crippen LogP contribution is -2.16. The molecular weight excluding hydrogens is 479 g/mol. The number of carbonyl (C=O) groups excluding carboxylic acids is 1. The highest BCUT2D eigenvalue weighted by Gasteiger charge is 2.13. The number of thiazole rings is 1. The van der Waals surface area contributed by atoms with Gasteiger partial charge in [-0.1, -0.05) is 35.3 Å². The summed E-state index contributed by atoms with van der Waals surface area (Å²) in [6, 6.07) is 14.5. The van der Waals surface area contributed by atoms with E-state index < -0.39 is 0 Å². The van der Waals surface area contributed by atoms with Gasteiger partial charge in [0.05, 0.1) is 5.69 Å². The number of phenols is 1. The summed E-state index contributed by atoms with van der Waals surface area (Å²) in [5, 5.41) is 20.0. The van der Waals surface area contributed by atoms with Gasteiger partial charge in [0.1, 0.15) is 11.6 Å². The Bertz CT molecular complexity index is 1300. The van der Waals surface area contributed by atoms with Gasteiger partial charge in [0.2, 0.25) is 5.91 Å². The van der Waals surface area contributed by atoms with Gasteiger partial charge >= 0.3 is 0 Å². The first-order valence-corrected chi connectivity index (χ1v) is 11.7. The van der Waals surface area contributed by atoms with Crippen molar-refractivity contribution in [1.82, 2.24) is 9.97 Å². The highest BCUT2D eigenvalue weighted by atomic mass is 35.5. The second-order valence-corrected chi connectivity index (χ2v) is 9.06. The van der Waals surface area contributed by atoms with E-state index in [4.69, 9.17) is 23.2 Å². The average molecular weight is 499 g/mol. The van der Waals surface area contributed by atoms with Crippen molar-refractivity contribution in [1.29, 1.82) is 0 Å². The molecule has 1 amide bonds. The quantitative estimate of drug-likeness (QED) is 0.266. The monoisotopic (exact) mass is 498 g/mol. The van der Waals surface area contributed by atoms with E-state index >= 15 is 0 Å². The molecule has 0 aliphatic heterocycles. The Kier molecular flexibility index (Phi) is 7.13. The normalized spacial score (nSPS) is 10.8. The number of nitrogens with one attached hydrogen (secondary N) is 2. The fraction of sp³-hybridized carbons (Fsp3) is 0.125. The number of halogens is 2. The lowest BCUT2D eigenvalue weighted by atomic mass is 10.0. The number of nitrogens with zero attached hydrogens (tertiary/aromatic N) is 2. The van der Waals surface area contributed by atoms with Crippen LogP contribution in [0.5, 0.6) is 5.75 Å². The maximum atomic E-state index is 12.2. The molecule has 9 heteroatoms. The molecule has 2 aromatic heterocycles. The molecule has 33 heavy (non-hydrogen) atoms. The second-order valence-electron chi connectivity index (χ2n) is 7.32. The van der Waals surface area contributed by atoms with Gasteiger partial charge in [-0.3, -0.25) is 4.79 Å². The summed E-state index contributed by atoms with van der Waals surface area (Å²) in [7, 11) is 0. The summed E-state index contributed by atoms with van der Waals surface area (Å²) in [5.41, 5.74) is 3.58. The molecular formula is C24H20Cl2N4O2S. The third-order valence-electron chi connectivity index (χ3n) is 4.87. The number of phenolic OH excluding ortho intramolecular Hbond substituents is 1. The molecule has 0 saturated heterocycles. The predicted molar refractivity (Wildman–Crippen MR) is 135 cm³/mol. The summed E-state index contributed by atoms with van der Waals surface area (Å²) in [6.07, 6.45) is 1.87. The number of aromatic hydroxyl groups is 1. The number of anilines is 2. The maximum Gasteiger partial charge on any atom is 0.227 e. The van der Waals surface area contributed by atoms with Crippen molar-refractivity contribution in [3.05, 3.63) is 75.7 Å². The fourth-order valence-electron chi connectivity index (χ4n) is 3.24. The lowest BCUT2D eigenvalue weighted by molar-refractivity contribution is -0.115. The number of hydrogen-bond acceptors (Lipinski definition) is 6. The van der Waals surface area contributed by atoms with E-state index in [9.17, 15) is 9.90 Å². The first-order chi connectivity index (χ1) is 15.9. The van der Waals surface area contributed by atoms with E-state index in [2.05, 4.69) is 20.6 Å². The van der Waals surface area contributed by atoms with E-state index in [1.807, 2.05) is 37.3 Å². The summed E-state index contributed by atoms with van der Waals surface area (Å²) >= 11 is 13.9. The minimum absolute atomic E-state index is 0.0846. The van der Waals surface area contributed by atoms with Crippen LogP contribution in [0.2, 0.25) is 10.0 Å². The number of carbonyl (C=O) groups is 1. The van der Waals surface area contributed by atoms with Crippen molar-refractivity contribution >= 4 is 51.4 Å². The van der Waals surface area contributed by atoms with Crippen LogP contribution in [0.4, 0.5) is 10.9 Å². The highest BCUT2D eigenvalue weighted by molar-refractivity contribution is 7.13. The van der Waals surface area contributed by atoms with Crippen LogP contribution in [0, 0.1) is 6.92 Å². The van der Waals surface area contributed by atoms with Gasteiger partial charge in [-0.2, -0.15) is 0 Å². The number of pyridine rings is 1. The molecule has 3 N–H and O–H groups in total. The fourth-order valence-corrected chi connectivity index (χ4v) is 4.14. The molecule has 0 atom stereocenters. The average Bonchev–Trinajstić information content (AvgIpc) is 3.29. The van der Waals surface area contributed by atoms with Gasteiger partial charge in [-0.05, 0) is 60.0 Å². The number of rotatable bonds is 7. The molecule has 0 spiro atoms. The number of aryl methyl sites for hydroxylation is 1. The van der Waals surface area contributed by atoms with Crippen LogP contribution >= 0.6 is 34.5 Å². The van der Waals surface area contributed by atoms with Gasteiger partial charge in [0.15, 0.2) is 5.13 Å². The molecule has 168 valence electrons. The second kappa shape index (κ2) is 10.2. The minimum Gasteiger partial charge on any atom is -0.507 e. The zero-order valence-electron chi connectivity index (χ0n) is 17.6. The molecule has 2 heterocycles. The maximum absolute atomic E-state index is 12.2. The molecule has 4 aromatic rings. The standard InChI is InChI=1S/C24H20Cl2N4O2S/c1-14-9-21(31)18(13-19(14)26)20-11-16(15-3-2-4-17(25)10-15)12-22(29-20)27-6-5-23(32)30-24-28-7-8-33-24/h2-4,7-13,31H,5-6H2,1H3,(H,27,29)(H,28,30,32). The van der Waals surface area contributed by atoms with Crippen molar-refractivity contribution < 1.29 is 9.90 Å². The topological polar surface area (TPSA) is 87.1 Å². The molecule has 0 aliphatic carbocycles. The SMILES string of the molecule is Cc1cc(O)c(-c2cc(-c3cccc(Cl)c3)cc(NCCC(=O)Nc3nccs3)n2)cc1Cl. The van der Waals surface area contributed by atoms with Gasteiger partial charge < -0.3 is 15.7 Å². The Morgan fingerprint density at radius 2 is 1.97 bits per heavy atom. The molecule has 4 rings (SSSR count). The molecule has 0 aliphatic rings. The third-order valence-corrected chi connectivity index (χ3v) is 6.20. The molecule has 2 aromatic carbocycles. The predicted octanol–water partition coefficient (Wildman–Crippen LogP) is 6.63. The number of aromatic nitrogens is 2. The van der Waals surface area contributed by atoms with Gasteiger partial charge in [0.25, 0.3) is 0 Å². The minimum atomic E-state index is -0.147. The Hall–Kier alpha value is -3.13. The first-order valence-electron chi connectivity index (χ1n) is 10.1. The highest BCUT2D eigenvalue weighted by Crippen LogP contribution is 2.36. The van der Waals surface area contributed by atoms with E-state index in [0.717, 1.165) is 16.7 Å². The molecule has 0 bridgehead atoms. The smallest absolute Gasteiger partial charge is 0.227 e. The van der Waals surface area contributed by atoms with Crippen molar-refractivity contribution in [3.8, 4) is 28.1 Å². The zero-order chi connectivity index (χ0) is 23.4. The van der Waals surface area contributed by atoms with Gasteiger partial charge in [0, 0.05) is 40.2 Å². The summed E-state index contributed by atoms with van der Waals surface area (Å²) in [4.78, 5) is 20.9. The van der Waals surface area contributed by atoms with Crippen molar-refractivity contribution in [2.24, 2.45) is 0 Å². The Labute approximate surface area is 205 Å². The van der Waals surface area contributed by atoms with E-state index in [1.54, 1.807) is 29.8 Å². The van der Waals surface area contributed by atoms with Gasteiger partial charge in [-0.25, -0.2) is 9.97 Å². The summed E-state index contributed by atoms with van der Waals surface area (Å²) < 4.78 is 0. The van der Waals surface area contributed by atoms with E-state index in [1.165, 1.54) is 11.3 Å². The molecule has 0 radical (unpaired) electrons. The molecule has 0 unspecified atom stereocenters. The summed E-state index contributed by atoms with van der Waals surface area (Å²) in [5.74, 6) is 0.494. The Morgan fingerprint density at radius 1 is 1.12 bits per heavy atom.